The number of piperidine rings is 1. The second-order valence-electron chi connectivity index (χ2n) is 7.56. The first-order valence-electron chi connectivity index (χ1n) is 9.65. The minimum absolute atomic E-state index is 0.0583. The van der Waals surface area contributed by atoms with Gasteiger partial charge in [-0.05, 0) is 37.8 Å². The fourth-order valence-corrected chi connectivity index (χ4v) is 4.36. The molecular formula is C20H22F2N4O2S. The topological polar surface area (TPSA) is 65.5 Å². The van der Waals surface area contributed by atoms with Gasteiger partial charge in [0.1, 0.15) is 21.6 Å². The molecule has 6 nitrogen and oxygen atoms in total. The van der Waals surface area contributed by atoms with Gasteiger partial charge in [-0.1, -0.05) is 11.3 Å². The number of likely N-dealkylation sites (tertiary alicyclic amines) is 1. The molecule has 1 saturated heterocycles. The average Bonchev–Trinajstić information content (AvgIpc) is 3.45. The van der Waals surface area contributed by atoms with E-state index in [1.807, 2.05) is 4.90 Å². The largest absolute Gasteiger partial charge is 0.342 e. The van der Waals surface area contributed by atoms with E-state index < -0.39 is 11.6 Å². The second-order valence-corrected chi connectivity index (χ2v) is 8.59. The van der Waals surface area contributed by atoms with Gasteiger partial charge in [0.05, 0.1) is 6.20 Å². The molecule has 2 heterocycles. The highest BCUT2D eigenvalue weighted by molar-refractivity contribution is 7.19. The van der Waals surface area contributed by atoms with Gasteiger partial charge in [-0.15, -0.1) is 0 Å². The molecule has 2 aromatic rings. The van der Waals surface area contributed by atoms with Crippen LogP contribution in [0.2, 0.25) is 0 Å². The van der Waals surface area contributed by atoms with Crippen molar-refractivity contribution in [1.29, 1.82) is 0 Å². The van der Waals surface area contributed by atoms with E-state index in [1.54, 1.807) is 11.9 Å². The van der Waals surface area contributed by atoms with E-state index in [2.05, 4.69) is 10.3 Å². The number of urea groups is 1. The van der Waals surface area contributed by atoms with Gasteiger partial charge in [-0.2, -0.15) is 0 Å². The van der Waals surface area contributed by atoms with Crippen LogP contribution in [-0.2, 0) is 4.79 Å². The van der Waals surface area contributed by atoms with Gasteiger partial charge in [-0.25, -0.2) is 18.6 Å². The van der Waals surface area contributed by atoms with Gasteiger partial charge >= 0.3 is 6.03 Å². The molecule has 1 aliphatic carbocycles. The predicted octanol–water partition coefficient (Wildman–Crippen LogP) is 3.95. The molecule has 29 heavy (non-hydrogen) atoms. The van der Waals surface area contributed by atoms with Crippen molar-refractivity contribution < 1.29 is 18.4 Å². The molecule has 4 rings (SSSR count). The number of amides is 3. The maximum absolute atomic E-state index is 13.4. The van der Waals surface area contributed by atoms with Gasteiger partial charge < -0.3 is 9.80 Å². The molecule has 0 spiro atoms. The third-order valence-corrected chi connectivity index (χ3v) is 6.38. The van der Waals surface area contributed by atoms with E-state index in [-0.39, 0.29) is 23.9 Å². The lowest BCUT2D eigenvalue weighted by Gasteiger charge is -2.36. The highest BCUT2D eigenvalue weighted by Gasteiger charge is 2.35. The Bertz CT molecular complexity index is 903. The maximum atomic E-state index is 13.4. The number of nitrogens with one attached hydrogen (secondary N) is 1. The molecule has 9 heteroatoms. The van der Waals surface area contributed by atoms with Crippen molar-refractivity contribution in [2.24, 2.45) is 5.92 Å². The zero-order valence-electron chi connectivity index (χ0n) is 16.0. The number of rotatable bonds is 4. The lowest BCUT2D eigenvalue weighted by atomic mass is 10.0. The summed E-state index contributed by atoms with van der Waals surface area (Å²) >= 11 is 1.15. The summed E-state index contributed by atoms with van der Waals surface area (Å²) < 4.78 is 26.8. The summed E-state index contributed by atoms with van der Waals surface area (Å²) in [4.78, 5) is 32.5. The molecule has 0 atom stereocenters. The molecule has 1 aromatic carbocycles. The fraction of sp³-hybridized carbons (Fsp3) is 0.450. The van der Waals surface area contributed by atoms with E-state index >= 15 is 0 Å². The number of carbonyl (C=O) groups excluding carboxylic acids is 2. The summed E-state index contributed by atoms with van der Waals surface area (Å²) in [7, 11) is 1.74. The number of hydrogen-bond acceptors (Lipinski definition) is 4. The minimum Gasteiger partial charge on any atom is -0.342 e. The highest BCUT2D eigenvalue weighted by atomic mass is 32.1. The number of hydrogen-bond donors (Lipinski definition) is 1. The normalized spacial score (nSPS) is 17.3. The van der Waals surface area contributed by atoms with Crippen LogP contribution in [0.15, 0.2) is 24.4 Å². The Labute approximate surface area is 171 Å². The number of thiazole rings is 1. The first-order valence-corrected chi connectivity index (χ1v) is 10.5. The van der Waals surface area contributed by atoms with E-state index in [9.17, 15) is 18.4 Å². The van der Waals surface area contributed by atoms with Crippen molar-refractivity contribution in [2.45, 2.75) is 31.7 Å². The highest BCUT2D eigenvalue weighted by Crippen LogP contribution is 2.32. The van der Waals surface area contributed by atoms with Crippen molar-refractivity contribution in [3.05, 3.63) is 36.0 Å². The first-order chi connectivity index (χ1) is 13.9. The lowest BCUT2D eigenvalue weighted by molar-refractivity contribution is -0.133. The minimum atomic E-state index is -0.674. The number of carbonyl (C=O) groups is 2. The Morgan fingerprint density at radius 3 is 2.41 bits per heavy atom. The molecule has 1 aliphatic heterocycles. The summed E-state index contributed by atoms with van der Waals surface area (Å²) in [6.07, 6.45) is 4.98. The Morgan fingerprint density at radius 2 is 1.79 bits per heavy atom. The van der Waals surface area contributed by atoms with Crippen LogP contribution in [0, 0.1) is 17.6 Å². The molecule has 0 radical (unpaired) electrons. The Kier molecular flexibility index (Phi) is 5.49. The smallest absolute Gasteiger partial charge is 0.322 e. The van der Waals surface area contributed by atoms with Crippen LogP contribution in [-0.4, -0.2) is 52.9 Å². The van der Waals surface area contributed by atoms with E-state index in [0.29, 0.717) is 28.7 Å². The van der Waals surface area contributed by atoms with Gasteiger partial charge in [0, 0.05) is 43.7 Å². The van der Waals surface area contributed by atoms with Crippen LogP contribution < -0.4 is 5.32 Å². The molecule has 1 N–H and O–H groups in total. The SMILES string of the molecule is CN(C(=O)Nc1cnc(-c2cc(F)cc(F)c2)s1)C1CCN(C(=O)C2CC2)CC1. The van der Waals surface area contributed by atoms with E-state index in [0.717, 1.165) is 43.1 Å². The van der Waals surface area contributed by atoms with Crippen molar-refractivity contribution in [2.75, 3.05) is 25.5 Å². The van der Waals surface area contributed by atoms with Crippen LogP contribution in [0.5, 0.6) is 0 Å². The van der Waals surface area contributed by atoms with Gasteiger partial charge in [0.15, 0.2) is 0 Å². The van der Waals surface area contributed by atoms with Crippen molar-refractivity contribution in [1.82, 2.24) is 14.8 Å². The van der Waals surface area contributed by atoms with E-state index in [1.165, 1.54) is 18.3 Å². The first kappa shape index (κ1) is 19.8. The van der Waals surface area contributed by atoms with Gasteiger partial charge in [-0.3, -0.25) is 10.1 Å². The number of nitrogens with zero attached hydrogens (tertiary/aromatic N) is 3. The summed E-state index contributed by atoms with van der Waals surface area (Å²) in [5.41, 5.74) is 0.328. The van der Waals surface area contributed by atoms with Gasteiger partial charge in [0.25, 0.3) is 0 Å². The number of benzene rings is 1. The number of halogens is 2. The molecule has 2 fully saturated rings. The fourth-order valence-electron chi connectivity index (χ4n) is 3.56. The van der Waals surface area contributed by atoms with E-state index in [4.69, 9.17) is 0 Å². The third-order valence-electron chi connectivity index (χ3n) is 5.42. The number of anilines is 1. The average molecular weight is 420 g/mol. The number of aromatic nitrogens is 1. The molecule has 154 valence electrons. The standard InChI is InChI=1S/C20H22F2N4O2S/c1-25(16-4-6-26(7-5-16)19(27)12-2-3-12)20(28)24-17-11-23-18(29-17)13-8-14(21)10-15(22)9-13/h8-12,16H,2-7H2,1H3,(H,24,28). The summed E-state index contributed by atoms with van der Waals surface area (Å²) in [6.45, 7) is 1.35. The quantitative estimate of drug-likeness (QED) is 0.815. The second kappa shape index (κ2) is 8.06. The van der Waals surface area contributed by atoms with Crippen LogP contribution in [0.4, 0.5) is 18.6 Å². The molecule has 1 saturated carbocycles. The summed E-state index contributed by atoms with van der Waals surface area (Å²) in [6, 6.07) is 3.01. The zero-order valence-corrected chi connectivity index (χ0v) is 16.8. The molecule has 3 amide bonds. The van der Waals surface area contributed by atoms with Crippen LogP contribution in [0.1, 0.15) is 25.7 Å². The van der Waals surface area contributed by atoms with Crippen LogP contribution >= 0.6 is 11.3 Å². The van der Waals surface area contributed by atoms with Crippen LogP contribution in [0.25, 0.3) is 10.6 Å². The van der Waals surface area contributed by atoms with Crippen molar-refractivity contribution in [3.8, 4) is 10.6 Å². The Morgan fingerprint density at radius 1 is 1.14 bits per heavy atom. The molecule has 2 aliphatic rings. The molecule has 0 bridgehead atoms. The summed E-state index contributed by atoms with van der Waals surface area (Å²) in [5.74, 6) is -0.875. The molecule has 0 unspecified atom stereocenters. The monoisotopic (exact) mass is 420 g/mol. The van der Waals surface area contributed by atoms with Crippen molar-refractivity contribution in [3.63, 3.8) is 0 Å². The lowest BCUT2D eigenvalue weighted by Crippen LogP contribution is -2.48. The Balaban J connectivity index is 1.33. The summed E-state index contributed by atoms with van der Waals surface area (Å²) in [5, 5.41) is 3.72. The van der Waals surface area contributed by atoms with Crippen LogP contribution in [0.3, 0.4) is 0 Å². The Hall–Kier alpha value is -2.55. The van der Waals surface area contributed by atoms with Crippen molar-refractivity contribution >= 4 is 28.3 Å². The molecular weight excluding hydrogens is 398 g/mol. The third kappa shape index (κ3) is 4.55. The molecule has 1 aromatic heterocycles. The van der Waals surface area contributed by atoms with Gasteiger partial charge in [0.2, 0.25) is 5.91 Å². The zero-order chi connectivity index (χ0) is 20.5. The predicted molar refractivity (Wildman–Crippen MR) is 107 cm³/mol. The maximum Gasteiger partial charge on any atom is 0.322 e.